The van der Waals surface area contributed by atoms with Crippen molar-refractivity contribution in [2.24, 2.45) is 0 Å². The van der Waals surface area contributed by atoms with Crippen molar-refractivity contribution in [3.63, 3.8) is 0 Å². The van der Waals surface area contributed by atoms with Crippen LogP contribution in [-0.4, -0.2) is 43.6 Å². The van der Waals surface area contributed by atoms with E-state index in [2.05, 4.69) is 4.72 Å². The van der Waals surface area contributed by atoms with Crippen LogP contribution in [0, 0.1) is 0 Å². The summed E-state index contributed by atoms with van der Waals surface area (Å²) >= 11 is 0. The molecule has 1 heterocycles. The SMILES string of the molecule is CCC(O)CNS(=O)(=O)N1CCCCC1. The Labute approximate surface area is 91.7 Å². The smallest absolute Gasteiger partial charge is 0.279 e. The zero-order chi connectivity index (χ0) is 11.3. The van der Waals surface area contributed by atoms with Crippen LogP contribution in [0.25, 0.3) is 0 Å². The molecule has 1 fully saturated rings. The van der Waals surface area contributed by atoms with Crippen molar-refractivity contribution < 1.29 is 13.5 Å². The van der Waals surface area contributed by atoms with Crippen molar-refractivity contribution in [2.45, 2.75) is 38.7 Å². The van der Waals surface area contributed by atoms with Gasteiger partial charge in [0.1, 0.15) is 0 Å². The van der Waals surface area contributed by atoms with Gasteiger partial charge in [-0.05, 0) is 19.3 Å². The molecule has 1 saturated heterocycles. The molecule has 1 atom stereocenters. The van der Waals surface area contributed by atoms with Gasteiger partial charge in [0.25, 0.3) is 10.2 Å². The second kappa shape index (κ2) is 5.79. The van der Waals surface area contributed by atoms with E-state index in [9.17, 15) is 13.5 Å². The number of hydrogen-bond donors (Lipinski definition) is 2. The predicted molar refractivity (Wildman–Crippen MR) is 58.6 cm³/mol. The summed E-state index contributed by atoms with van der Waals surface area (Å²) in [6, 6.07) is 0. The molecule has 0 aliphatic carbocycles. The fourth-order valence-corrected chi connectivity index (χ4v) is 2.87. The highest BCUT2D eigenvalue weighted by Gasteiger charge is 2.23. The lowest BCUT2D eigenvalue weighted by molar-refractivity contribution is 0.173. The van der Waals surface area contributed by atoms with Crippen LogP contribution in [0.3, 0.4) is 0 Å². The van der Waals surface area contributed by atoms with E-state index in [1.807, 2.05) is 6.92 Å². The average molecular weight is 236 g/mol. The van der Waals surface area contributed by atoms with Crippen LogP contribution in [0.1, 0.15) is 32.6 Å². The fourth-order valence-electron chi connectivity index (χ4n) is 1.54. The third-order valence-electron chi connectivity index (χ3n) is 2.63. The average Bonchev–Trinajstić information content (AvgIpc) is 2.27. The van der Waals surface area contributed by atoms with E-state index in [0.717, 1.165) is 19.3 Å². The molecular formula is C9H20N2O3S. The molecule has 0 aromatic carbocycles. The minimum atomic E-state index is -3.37. The summed E-state index contributed by atoms with van der Waals surface area (Å²) in [7, 11) is -3.37. The van der Waals surface area contributed by atoms with Gasteiger partial charge < -0.3 is 5.11 Å². The Morgan fingerprint density at radius 1 is 1.33 bits per heavy atom. The van der Waals surface area contributed by atoms with E-state index in [1.165, 1.54) is 4.31 Å². The van der Waals surface area contributed by atoms with Gasteiger partial charge in [0.15, 0.2) is 0 Å². The maximum atomic E-state index is 11.7. The van der Waals surface area contributed by atoms with Crippen LogP contribution in [0.15, 0.2) is 0 Å². The fraction of sp³-hybridized carbons (Fsp3) is 1.00. The second-order valence-corrected chi connectivity index (χ2v) is 5.63. The lowest BCUT2D eigenvalue weighted by Gasteiger charge is -2.26. The van der Waals surface area contributed by atoms with E-state index in [1.54, 1.807) is 0 Å². The van der Waals surface area contributed by atoms with E-state index < -0.39 is 16.3 Å². The van der Waals surface area contributed by atoms with Crippen molar-refractivity contribution in [1.82, 2.24) is 9.03 Å². The van der Waals surface area contributed by atoms with Crippen LogP contribution in [0.2, 0.25) is 0 Å². The molecule has 0 spiro atoms. The molecule has 1 aliphatic heterocycles. The van der Waals surface area contributed by atoms with Crippen molar-refractivity contribution in [1.29, 1.82) is 0 Å². The molecule has 90 valence electrons. The maximum Gasteiger partial charge on any atom is 0.279 e. The van der Waals surface area contributed by atoms with Gasteiger partial charge in [-0.3, -0.25) is 0 Å². The molecule has 1 unspecified atom stereocenters. The monoisotopic (exact) mass is 236 g/mol. The Morgan fingerprint density at radius 3 is 2.47 bits per heavy atom. The molecule has 15 heavy (non-hydrogen) atoms. The first-order chi connectivity index (χ1) is 7.06. The summed E-state index contributed by atoms with van der Waals surface area (Å²) in [5, 5.41) is 9.27. The van der Waals surface area contributed by atoms with Gasteiger partial charge in [0.05, 0.1) is 6.10 Å². The molecule has 2 N–H and O–H groups in total. The highest BCUT2D eigenvalue weighted by Crippen LogP contribution is 2.11. The Balaban J connectivity index is 2.43. The first-order valence-electron chi connectivity index (χ1n) is 5.49. The number of nitrogens with zero attached hydrogens (tertiary/aromatic N) is 1. The molecule has 0 aromatic rings. The van der Waals surface area contributed by atoms with Gasteiger partial charge in [-0.1, -0.05) is 13.3 Å². The zero-order valence-corrected chi connectivity index (χ0v) is 9.96. The van der Waals surface area contributed by atoms with Crippen LogP contribution < -0.4 is 4.72 Å². The van der Waals surface area contributed by atoms with E-state index in [0.29, 0.717) is 19.5 Å². The van der Waals surface area contributed by atoms with E-state index in [4.69, 9.17) is 0 Å². The third-order valence-corrected chi connectivity index (χ3v) is 4.20. The number of piperidine rings is 1. The lowest BCUT2D eigenvalue weighted by atomic mass is 10.2. The van der Waals surface area contributed by atoms with Gasteiger partial charge >= 0.3 is 0 Å². The Bertz CT molecular complexity index is 273. The Kier molecular flexibility index (Phi) is 4.98. The van der Waals surface area contributed by atoms with Gasteiger partial charge in [0, 0.05) is 19.6 Å². The maximum absolute atomic E-state index is 11.7. The van der Waals surface area contributed by atoms with Gasteiger partial charge in [-0.25, -0.2) is 0 Å². The third kappa shape index (κ3) is 4.06. The van der Waals surface area contributed by atoms with E-state index in [-0.39, 0.29) is 6.54 Å². The molecule has 1 aliphatic rings. The molecular weight excluding hydrogens is 216 g/mol. The molecule has 0 aromatic heterocycles. The number of rotatable bonds is 5. The van der Waals surface area contributed by atoms with Gasteiger partial charge in [-0.2, -0.15) is 17.4 Å². The molecule has 0 radical (unpaired) electrons. The minimum absolute atomic E-state index is 0.106. The standard InChI is InChI=1S/C9H20N2O3S/c1-2-9(12)8-10-15(13,14)11-6-4-3-5-7-11/h9-10,12H,2-8H2,1H3. The summed E-state index contributed by atoms with van der Waals surface area (Å²) in [5.41, 5.74) is 0. The summed E-state index contributed by atoms with van der Waals surface area (Å²) in [4.78, 5) is 0. The highest BCUT2D eigenvalue weighted by atomic mass is 32.2. The summed E-state index contributed by atoms with van der Waals surface area (Å²) in [6.07, 6.45) is 2.92. The second-order valence-electron chi connectivity index (χ2n) is 3.88. The lowest BCUT2D eigenvalue weighted by Crippen LogP contribution is -2.45. The molecule has 6 heteroatoms. The Hall–Kier alpha value is -0.170. The minimum Gasteiger partial charge on any atom is -0.392 e. The molecule has 0 bridgehead atoms. The van der Waals surface area contributed by atoms with Crippen molar-refractivity contribution in [2.75, 3.05) is 19.6 Å². The van der Waals surface area contributed by atoms with Gasteiger partial charge in [-0.15, -0.1) is 0 Å². The Morgan fingerprint density at radius 2 is 1.93 bits per heavy atom. The summed E-state index contributed by atoms with van der Waals surface area (Å²) in [6.45, 7) is 3.12. The topological polar surface area (TPSA) is 69.6 Å². The zero-order valence-electron chi connectivity index (χ0n) is 9.15. The first kappa shape index (κ1) is 12.9. The number of nitrogens with one attached hydrogen (secondary N) is 1. The highest BCUT2D eigenvalue weighted by molar-refractivity contribution is 7.87. The van der Waals surface area contributed by atoms with Gasteiger partial charge in [0.2, 0.25) is 0 Å². The van der Waals surface area contributed by atoms with Crippen LogP contribution in [0.5, 0.6) is 0 Å². The van der Waals surface area contributed by atoms with E-state index >= 15 is 0 Å². The van der Waals surface area contributed by atoms with Crippen molar-refractivity contribution in [3.05, 3.63) is 0 Å². The quantitative estimate of drug-likeness (QED) is 0.710. The number of aliphatic hydroxyl groups excluding tert-OH is 1. The largest absolute Gasteiger partial charge is 0.392 e. The van der Waals surface area contributed by atoms with Crippen LogP contribution in [0.4, 0.5) is 0 Å². The van der Waals surface area contributed by atoms with Crippen molar-refractivity contribution in [3.8, 4) is 0 Å². The molecule has 5 nitrogen and oxygen atoms in total. The van der Waals surface area contributed by atoms with Crippen LogP contribution >= 0.6 is 0 Å². The van der Waals surface area contributed by atoms with Crippen molar-refractivity contribution >= 4 is 10.2 Å². The van der Waals surface area contributed by atoms with Crippen LogP contribution in [-0.2, 0) is 10.2 Å². The molecule has 0 amide bonds. The number of aliphatic hydroxyl groups is 1. The summed E-state index contributed by atoms with van der Waals surface area (Å²) in [5.74, 6) is 0. The normalized spacial score (nSPS) is 21.5. The molecule has 1 rings (SSSR count). The summed E-state index contributed by atoms with van der Waals surface area (Å²) < 4.78 is 27.3. The molecule has 0 saturated carbocycles. The first-order valence-corrected chi connectivity index (χ1v) is 6.93. The predicted octanol–water partition coefficient (Wildman–Crippen LogP) is 0.0776. The number of hydrogen-bond acceptors (Lipinski definition) is 3.